The molecule has 176 valence electrons. The van der Waals surface area contributed by atoms with Gasteiger partial charge in [0.05, 0.1) is 29.2 Å². The van der Waals surface area contributed by atoms with E-state index in [9.17, 15) is 22.8 Å². The monoisotopic (exact) mass is 474 g/mol. The Morgan fingerprint density at radius 3 is 2.91 bits per heavy atom. The van der Waals surface area contributed by atoms with Crippen LogP contribution in [0.15, 0.2) is 42.0 Å². The van der Waals surface area contributed by atoms with Crippen molar-refractivity contribution in [2.45, 2.75) is 19.1 Å². The molecule has 0 fully saturated rings. The van der Waals surface area contributed by atoms with Gasteiger partial charge in [-0.15, -0.1) is 0 Å². The standard InChI is InChI=1S/C20H17F3N8O3/c1-9(28-19(33)17-16-18(26-8-25-17)31-15(32)7-24-16)10(2)34-27-6-14-29-12-4-3-11(20(21,22)23)5-13(12)30-14/h3-6,8-9,24H,2,7H2,1H3,(H,28,33)(H,29,30)(H,25,26,31,32)/b27-6+. The summed E-state index contributed by atoms with van der Waals surface area (Å²) in [6.07, 6.45) is -2.16. The Kier molecular flexibility index (Phi) is 5.88. The molecule has 0 spiro atoms. The zero-order chi connectivity index (χ0) is 24.5. The summed E-state index contributed by atoms with van der Waals surface area (Å²) in [5, 5.41) is 11.7. The topological polar surface area (TPSA) is 146 Å². The Morgan fingerprint density at radius 1 is 1.35 bits per heavy atom. The molecule has 1 aliphatic heterocycles. The number of oxime groups is 1. The summed E-state index contributed by atoms with van der Waals surface area (Å²) in [5.41, 5.74) is 0.0213. The van der Waals surface area contributed by atoms with E-state index in [-0.39, 0.29) is 46.8 Å². The summed E-state index contributed by atoms with van der Waals surface area (Å²) in [4.78, 5) is 43.9. The summed E-state index contributed by atoms with van der Waals surface area (Å²) >= 11 is 0. The van der Waals surface area contributed by atoms with Crippen molar-refractivity contribution in [2.24, 2.45) is 5.16 Å². The largest absolute Gasteiger partial charge is 0.416 e. The number of aromatic amines is 1. The van der Waals surface area contributed by atoms with Crippen LogP contribution in [-0.2, 0) is 15.8 Å². The molecule has 0 saturated carbocycles. The van der Waals surface area contributed by atoms with E-state index >= 15 is 0 Å². The average molecular weight is 474 g/mol. The smallest absolute Gasteiger partial charge is 0.371 e. The lowest BCUT2D eigenvalue weighted by Gasteiger charge is -2.20. The van der Waals surface area contributed by atoms with E-state index in [1.807, 2.05) is 0 Å². The molecule has 14 heteroatoms. The van der Waals surface area contributed by atoms with E-state index in [0.717, 1.165) is 18.5 Å². The maximum absolute atomic E-state index is 12.8. The second kappa shape index (κ2) is 8.80. The van der Waals surface area contributed by atoms with Gasteiger partial charge in [-0.05, 0) is 25.1 Å². The van der Waals surface area contributed by atoms with Gasteiger partial charge in [-0.1, -0.05) is 11.7 Å². The van der Waals surface area contributed by atoms with Crippen molar-refractivity contribution in [2.75, 3.05) is 17.2 Å². The van der Waals surface area contributed by atoms with E-state index < -0.39 is 23.7 Å². The SMILES string of the molecule is C=C(O/N=C/c1nc2ccc(C(F)(F)F)cc2[nH]1)C(C)NC(=O)c1ncnc2c1NCC(=O)N2. The molecule has 0 bridgehead atoms. The molecule has 3 heterocycles. The third-order valence-corrected chi connectivity index (χ3v) is 4.75. The van der Waals surface area contributed by atoms with Crippen molar-refractivity contribution < 1.29 is 27.6 Å². The van der Waals surface area contributed by atoms with Crippen LogP contribution in [-0.4, -0.2) is 50.6 Å². The summed E-state index contributed by atoms with van der Waals surface area (Å²) in [5.74, 6) is -0.433. The fourth-order valence-corrected chi connectivity index (χ4v) is 3.00. The summed E-state index contributed by atoms with van der Waals surface area (Å²) in [6.45, 7) is 5.27. The quantitative estimate of drug-likeness (QED) is 0.244. The normalized spacial score (nSPS) is 14.3. The number of rotatable bonds is 6. The second-order valence-corrected chi connectivity index (χ2v) is 7.19. The Balaban J connectivity index is 1.37. The second-order valence-electron chi connectivity index (χ2n) is 7.19. The molecule has 4 N–H and O–H groups in total. The molecule has 1 aromatic carbocycles. The fourth-order valence-electron chi connectivity index (χ4n) is 3.00. The van der Waals surface area contributed by atoms with Crippen LogP contribution in [0.25, 0.3) is 11.0 Å². The van der Waals surface area contributed by atoms with Crippen molar-refractivity contribution in [1.82, 2.24) is 25.3 Å². The molecule has 0 radical (unpaired) electrons. The lowest BCUT2D eigenvalue weighted by molar-refractivity contribution is -0.137. The van der Waals surface area contributed by atoms with Crippen molar-refractivity contribution in [3.63, 3.8) is 0 Å². The molecule has 1 aliphatic rings. The first-order chi connectivity index (χ1) is 16.1. The third kappa shape index (κ3) is 4.79. The maximum atomic E-state index is 12.8. The molecule has 1 unspecified atom stereocenters. The van der Waals surface area contributed by atoms with Crippen LogP contribution in [0, 0.1) is 0 Å². The van der Waals surface area contributed by atoms with Crippen LogP contribution in [0.3, 0.4) is 0 Å². The lowest BCUT2D eigenvalue weighted by atomic mass is 10.2. The Hall–Kier alpha value is -4.49. The molecule has 0 aliphatic carbocycles. The van der Waals surface area contributed by atoms with Gasteiger partial charge >= 0.3 is 6.18 Å². The number of amides is 2. The van der Waals surface area contributed by atoms with Gasteiger partial charge in [0.15, 0.2) is 17.3 Å². The first-order valence-corrected chi connectivity index (χ1v) is 9.77. The summed E-state index contributed by atoms with van der Waals surface area (Å²) in [6, 6.07) is 2.43. The fraction of sp³-hybridized carbons (Fsp3) is 0.200. The van der Waals surface area contributed by atoms with Gasteiger partial charge in [0.2, 0.25) is 5.91 Å². The van der Waals surface area contributed by atoms with Gasteiger partial charge in [-0.2, -0.15) is 13.2 Å². The van der Waals surface area contributed by atoms with E-state index in [1.54, 1.807) is 6.92 Å². The number of nitrogens with zero attached hydrogens (tertiary/aromatic N) is 4. The molecule has 2 aromatic heterocycles. The van der Waals surface area contributed by atoms with Gasteiger partial charge in [-0.3, -0.25) is 9.59 Å². The molecule has 2 amide bonds. The predicted molar refractivity (Wildman–Crippen MR) is 115 cm³/mol. The number of fused-ring (bicyclic) bond motifs is 2. The zero-order valence-corrected chi connectivity index (χ0v) is 17.5. The van der Waals surface area contributed by atoms with Crippen LogP contribution in [0.1, 0.15) is 28.8 Å². The number of alkyl halides is 3. The highest BCUT2D eigenvalue weighted by Gasteiger charge is 2.30. The number of nitrogens with one attached hydrogen (secondary N) is 4. The number of hydrogen-bond donors (Lipinski definition) is 4. The van der Waals surface area contributed by atoms with Gasteiger partial charge in [0.1, 0.15) is 24.0 Å². The minimum absolute atomic E-state index is 0.0219. The van der Waals surface area contributed by atoms with Crippen LogP contribution in [0.2, 0.25) is 0 Å². The first kappa shape index (κ1) is 22.7. The molecule has 1 atom stereocenters. The summed E-state index contributed by atoms with van der Waals surface area (Å²) in [7, 11) is 0. The van der Waals surface area contributed by atoms with Gasteiger partial charge in [-0.25, -0.2) is 15.0 Å². The van der Waals surface area contributed by atoms with Crippen molar-refractivity contribution in [1.29, 1.82) is 0 Å². The molecular formula is C20H17F3N8O3. The number of carbonyl (C=O) groups is 2. The number of anilines is 2. The van der Waals surface area contributed by atoms with Crippen molar-refractivity contribution >= 4 is 40.6 Å². The molecule has 34 heavy (non-hydrogen) atoms. The van der Waals surface area contributed by atoms with E-state index in [0.29, 0.717) is 5.52 Å². The minimum atomic E-state index is -4.47. The minimum Gasteiger partial charge on any atom is -0.371 e. The Bertz CT molecular complexity index is 1320. The highest BCUT2D eigenvalue weighted by molar-refractivity contribution is 6.06. The van der Waals surface area contributed by atoms with Crippen LogP contribution in [0.5, 0.6) is 0 Å². The molecule has 4 rings (SSSR count). The number of benzene rings is 1. The molecule has 0 saturated heterocycles. The Morgan fingerprint density at radius 2 is 2.15 bits per heavy atom. The van der Waals surface area contributed by atoms with Crippen molar-refractivity contribution in [3.8, 4) is 0 Å². The lowest BCUT2D eigenvalue weighted by Crippen LogP contribution is -2.36. The summed E-state index contributed by atoms with van der Waals surface area (Å²) < 4.78 is 38.5. The number of H-pyrrole nitrogens is 1. The van der Waals surface area contributed by atoms with Gasteiger partial charge in [0, 0.05) is 0 Å². The maximum Gasteiger partial charge on any atom is 0.416 e. The highest BCUT2D eigenvalue weighted by atomic mass is 19.4. The first-order valence-electron chi connectivity index (χ1n) is 9.77. The average Bonchev–Trinajstić information content (AvgIpc) is 3.19. The number of aromatic nitrogens is 4. The predicted octanol–water partition coefficient (Wildman–Crippen LogP) is 2.42. The molecule has 11 nitrogen and oxygen atoms in total. The molecular weight excluding hydrogens is 457 g/mol. The van der Waals surface area contributed by atoms with Crippen molar-refractivity contribution in [3.05, 3.63) is 53.9 Å². The number of hydrogen-bond acceptors (Lipinski definition) is 8. The highest BCUT2D eigenvalue weighted by Crippen LogP contribution is 2.30. The number of imidazole rings is 1. The van der Waals surface area contributed by atoms with E-state index in [1.165, 1.54) is 12.3 Å². The Labute approximate surface area is 189 Å². The number of halogens is 3. The van der Waals surface area contributed by atoms with Crippen LogP contribution in [0.4, 0.5) is 24.7 Å². The van der Waals surface area contributed by atoms with E-state index in [2.05, 4.69) is 47.6 Å². The van der Waals surface area contributed by atoms with E-state index in [4.69, 9.17) is 4.84 Å². The third-order valence-electron chi connectivity index (χ3n) is 4.75. The van der Waals surface area contributed by atoms with Crippen LogP contribution >= 0.6 is 0 Å². The van der Waals surface area contributed by atoms with Gasteiger partial charge in [0.25, 0.3) is 5.91 Å². The van der Waals surface area contributed by atoms with Crippen LogP contribution < -0.4 is 16.0 Å². The molecule has 3 aromatic rings. The zero-order valence-electron chi connectivity index (χ0n) is 17.5. The van der Waals surface area contributed by atoms with Gasteiger partial charge < -0.3 is 25.8 Å². The number of carbonyl (C=O) groups excluding carboxylic acids is 2.